The van der Waals surface area contributed by atoms with Crippen molar-refractivity contribution < 1.29 is 14.3 Å². The first-order valence-corrected chi connectivity index (χ1v) is 5.81. The van der Waals surface area contributed by atoms with E-state index in [9.17, 15) is 9.59 Å². The standard InChI is InChI=1S/C13H15NO3/c1-2-17-11-7-4-3-6-10(11)14-12(15)8-5-9-13(14)16/h3-4,6-7H,2,5,8-9H2,1H3. The summed E-state index contributed by atoms with van der Waals surface area (Å²) in [6, 6.07) is 7.14. The lowest BCUT2D eigenvalue weighted by Crippen LogP contribution is -2.40. The summed E-state index contributed by atoms with van der Waals surface area (Å²) in [5.41, 5.74) is 0.559. The second kappa shape index (κ2) is 4.99. The molecule has 2 amide bonds. The van der Waals surface area contributed by atoms with Gasteiger partial charge >= 0.3 is 0 Å². The van der Waals surface area contributed by atoms with Gasteiger partial charge in [0.25, 0.3) is 0 Å². The van der Waals surface area contributed by atoms with E-state index in [1.807, 2.05) is 13.0 Å². The van der Waals surface area contributed by atoms with Crippen LogP contribution in [0.15, 0.2) is 24.3 Å². The summed E-state index contributed by atoms with van der Waals surface area (Å²) >= 11 is 0. The number of benzene rings is 1. The zero-order valence-corrected chi connectivity index (χ0v) is 9.81. The second-order valence-corrected chi connectivity index (χ2v) is 3.88. The van der Waals surface area contributed by atoms with Gasteiger partial charge in [-0.05, 0) is 25.5 Å². The smallest absolute Gasteiger partial charge is 0.233 e. The lowest BCUT2D eigenvalue weighted by molar-refractivity contribution is -0.129. The topological polar surface area (TPSA) is 46.6 Å². The van der Waals surface area contributed by atoms with E-state index in [1.165, 1.54) is 4.90 Å². The van der Waals surface area contributed by atoms with E-state index < -0.39 is 0 Å². The number of hydrogen-bond acceptors (Lipinski definition) is 3. The molecule has 1 saturated heterocycles. The Bertz CT molecular complexity index is 426. The SMILES string of the molecule is CCOc1ccccc1N1C(=O)CCCC1=O. The van der Waals surface area contributed by atoms with E-state index >= 15 is 0 Å². The fourth-order valence-corrected chi connectivity index (χ4v) is 1.94. The fourth-order valence-electron chi connectivity index (χ4n) is 1.94. The van der Waals surface area contributed by atoms with Gasteiger partial charge in [0.05, 0.1) is 12.3 Å². The monoisotopic (exact) mass is 233 g/mol. The molecule has 0 spiro atoms. The zero-order valence-electron chi connectivity index (χ0n) is 9.81. The highest BCUT2D eigenvalue weighted by molar-refractivity contribution is 6.17. The number of carbonyl (C=O) groups is 2. The van der Waals surface area contributed by atoms with Crippen LogP contribution in [-0.4, -0.2) is 18.4 Å². The molecule has 0 atom stereocenters. The lowest BCUT2D eigenvalue weighted by Gasteiger charge is -2.26. The Labute approximate surface area is 100 Å². The highest BCUT2D eigenvalue weighted by Gasteiger charge is 2.29. The summed E-state index contributed by atoms with van der Waals surface area (Å²) in [7, 11) is 0. The van der Waals surface area contributed by atoms with Gasteiger partial charge in [-0.1, -0.05) is 12.1 Å². The van der Waals surface area contributed by atoms with Gasteiger partial charge in [0, 0.05) is 12.8 Å². The minimum atomic E-state index is -0.145. The van der Waals surface area contributed by atoms with Gasteiger partial charge in [0.1, 0.15) is 5.75 Å². The number of hydrogen-bond donors (Lipinski definition) is 0. The van der Waals surface area contributed by atoms with Gasteiger partial charge in [-0.3, -0.25) is 9.59 Å². The third-order valence-electron chi connectivity index (χ3n) is 2.69. The van der Waals surface area contributed by atoms with E-state index in [0.717, 1.165) is 0 Å². The Morgan fingerprint density at radius 2 is 1.82 bits per heavy atom. The summed E-state index contributed by atoms with van der Waals surface area (Å²) in [5.74, 6) is 0.292. The Balaban J connectivity index is 2.37. The molecular formula is C13H15NO3. The summed E-state index contributed by atoms with van der Waals surface area (Å²) in [5, 5.41) is 0. The molecule has 0 bridgehead atoms. The Morgan fingerprint density at radius 1 is 1.18 bits per heavy atom. The van der Waals surface area contributed by atoms with Gasteiger partial charge in [0.15, 0.2) is 0 Å². The average molecular weight is 233 g/mol. The Hall–Kier alpha value is -1.84. The number of imide groups is 1. The molecule has 0 aliphatic carbocycles. The normalized spacial score (nSPS) is 16.2. The van der Waals surface area contributed by atoms with E-state index in [0.29, 0.717) is 37.3 Å². The number of anilines is 1. The molecule has 0 radical (unpaired) electrons. The van der Waals surface area contributed by atoms with Crippen molar-refractivity contribution in [2.24, 2.45) is 0 Å². The van der Waals surface area contributed by atoms with Crippen molar-refractivity contribution in [1.82, 2.24) is 0 Å². The van der Waals surface area contributed by atoms with Crippen molar-refractivity contribution in [3.8, 4) is 5.75 Å². The molecule has 90 valence electrons. The van der Waals surface area contributed by atoms with Crippen LogP contribution in [0, 0.1) is 0 Å². The van der Waals surface area contributed by atoms with Gasteiger partial charge in [-0.2, -0.15) is 0 Å². The number of ether oxygens (including phenoxy) is 1. The number of carbonyl (C=O) groups excluding carboxylic acids is 2. The van der Waals surface area contributed by atoms with E-state index in [4.69, 9.17) is 4.74 Å². The summed E-state index contributed by atoms with van der Waals surface area (Å²) in [6.07, 6.45) is 1.49. The van der Waals surface area contributed by atoms with Crippen LogP contribution in [0.5, 0.6) is 5.75 Å². The van der Waals surface area contributed by atoms with Crippen molar-refractivity contribution in [2.45, 2.75) is 26.2 Å². The fraction of sp³-hybridized carbons (Fsp3) is 0.385. The number of nitrogens with zero attached hydrogens (tertiary/aromatic N) is 1. The van der Waals surface area contributed by atoms with Crippen LogP contribution < -0.4 is 9.64 Å². The largest absolute Gasteiger partial charge is 0.492 e. The molecule has 4 nitrogen and oxygen atoms in total. The van der Waals surface area contributed by atoms with Crippen molar-refractivity contribution in [3.05, 3.63) is 24.3 Å². The van der Waals surface area contributed by atoms with Crippen molar-refractivity contribution in [1.29, 1.82) is 0 Å². The van der Waals surface area contributed by atoms with Crippen LogP contribution in [0.4, 0.5) is 5.69 Å². The van der Waals surface area contributed by atoms with Gasteiger partial charge < -0.3 is 4.74 Å². The zero-order chi connectivity index (χ0) is 12.3. The maximum absolute atomic E-state index is 11.8. The highest BCUT2D eigenvalue weighted by Crippen LogP contribution is 2.31. The molecule has 1 aromatic rings. The first-order chi connectivity index (χ1) is 8.24. The molecule has 2 rings (SSSR count). The molecule has 1 heterocycles. The van der Waals surface area contributed by atoms with Crippen LogP contribution in [0.1, 0.15) is 26.2 Å². The molecule has 0 unspecified atom stereocenters. The van der Waals surface area contributed by atoms with Crippen molar-refractivity contribution in [2.75, 3.05) is 11.5 Å². The number of amides is 2. The molecule has 0 aromatic heterocycles. The quantitative estimate of drug-likeness (QED) is 0.751. The maximum Gasteiger partial charge on any atom is 0.233 e. The molecule has 0 saturated carbocycles. The summed E-state index contributed by atoms with van der Waals surface area (Å²) in [6.45, 7) is 2.38. The number of para-hydroxylation sites is 2. The minimum Gasteiger partial charge on any atom is -0.492 e. The first-order valence-electron chi connectivity index (χ1n) is 5.81. The van der Waals surface area contributed by atoms with Crippen LogP contribution in [-0.2, 0) is 9.59 Å². The summed E-state index contributed by atoms with van der Waals surface area (Å²) < 4.78 is 5.44. The van der Waals surface area contributed by atoms with Gasteiger partial charge in [-0.25, -0.2) is 4.90 Å². The van der Waals surface area contributed by atoms with Gasteiger partial charge in [0.2, 0.25) is 11.8 Å². The van der Waals surface area contributed by atoms with Gasteiger partial charge in [-0.15, -0.1) is 0 Å². The molecule has 1 aliphatic rings. The highest BCUT2D eigenvalue weighted by atomic mass is 16.5. The predicted molar refractivity (Wildman–Crippen MR) is 64.0 cm³/mol. The first kappa shape index (κ1) is 11.6. The van der Waals surface area contributed by atoms with Crippen molar-refractivity contribution in [3.63, 3.8) is 0 Å². The molecule has 17 heavy (non-hydrogen) atoms. The van der Waals surface area contributed by atoms with E-state index in [1.54, 1.807) is 18.2 Å². The molecular weight excluding hydrogens is 218 g/mol. The average Bonchev–Trinajstić information content (AvgIpc) is 2.31. The van der Waals surface area contributed by atoms with Crippen LogP contribution in [0.3, 0.4) is 0 Å². The molecule has 0 N–H and O–H groups in total. The van der Waals surface area contributed by atoms with Crippen molar-refractivity contribution >= 4 is 17.5 Å². The molecule has 1 aliphatic heterocycles. The summed E-state index contributed by atoms with van der Waals surface area (Å²) in [4.78, 5) is 24.9. The molecule has 4 heteroatoms. The number of rotatable bonds is 3. The molecule has 1 fully saturated rings. The van der Waals surface area contributed by atoms with Crippen LogP contribution in [0.2, 0.25) is 0 Å². The number of piperidine rings is 1. The Kier molecular flexibility index (Phi) is 3.42. The second-order valence-electron chi connectivity index (χ2n) is 3.88. The van der Waals surface area contributed by atoms with E-state index in [2.05, 4.69) is 0 Å². The van der Waals surface area contributed by atoms with E-state index in [-0.39, 0.29) is 11.8 Å². The third-order valence-corrected chi connectivity index (χ3v) is 2.69. The van der Waals surface area contributed by atoms with Crippen LogP contribution >= 0.6 is 0 Å². The Morgan fingerprint density at radius 3 is 2.47 bits per heavy atom. The molecule has 1 aromatic carbocycles. The lowest BCUT2D eigenvalue weighted by atomic mass is 10.1. The van der Waals surface area contributed by atoms with Crippen LogP contribution in [0.25, 0.3) is 0 Å². The predicted octanol–water partition coefficient (Wildman–Crippen LogP) is 2.13. The minimum absolute atomic E-state index is 0.145. The maximum atomic E-state index is 11.8. The third kappa shape index (κ3) is 2.30.